The molecule has 0 aliphatic heterocycles. The van der Waals surface area contributed by atoms with Crippen LogP contribution in [0, 0.1) is 5.82 Å². The largest absolute Gasteiger partial charge is 0.494 e. The maximum Gasteiger partial charge on any atom is 0.255 e. The summed E-state index contributed by atoms with van der Waals surface area (Å²) >= 11 is 0. The number of hydrogen-bond donors (Lipinski definition) is 2. The number of rotatable bonds is 6. The minimum absolute atomic E-state index is 0.291. The molecule has 0 aromatic heterocycles. The number of benzene rings is 3. The zero-order chi connectivity index (χ0) is 19.9. The summed E-state index contributed by atoms with van der Waals surface area (Å²) in [6.45, 7) is 2.47. The predicted molar refractivity (Wildman–Crippen MR) is 106 cm³/mol. The van der Waals surface area contributed by atoms with Crippen molar-refractivity contribution in [2.45, 2.75) is 6.92 Å². The van der Waals surface area contributed by atoms with Gasteiger partial charge in [0.1, 0.15) is 11.6 Å². The standard InChI is InChI=1S/C22H19FN2O3/c1-2-28-20-12-10-18(11-13-20)24-21(26)15-6-8-16(9-7-15)22(27)25-19-5-3-4-17(23)14-19/h3-14H,2H2,1H3,(H,24,26)(H,25,27). The number of hydrogen-bond acceptors (Lipinski definition) is 3. The highest BCUT2D eigenvalue weighted by Gasteiger charge is 2.10. The molecule has 0 aliphatic rings. The Balaban J connectivity index is 1.62. The van der Waals surface area contributed by atoms with Crippen LogP contribution in [0.5, 0.6) is 5.75 Å². The summed E-state index contributed by atoms with van der Waals surface area (Å²) in [7, 11) is 0. The summed E-state index contributed by atoms with van der Waals surface area (Å²) < 4.78 is 18.6. The lowest BCUT2D eigenvalue weighted by Gasteiger charge is -2.08. The van der Waals surface area contributed by atoms with Crippen molar-refractivity contribution in [3.05, 3.63) is 89.7 Å². The molecule has 0 fully saturated rings. The van der Waals surface area contributed by atoms with Crippen molar-refractivity contribution in [1.29, 1.82) is 0 Å². The summed E-state index contributed by atoms with van der Waals surface area (Å²) in [5.41, 5.74) is 1.78. The molecule has 2 amide bonds. The van der Waals surface area contributed by atoms with E-state index < -0.39 is 5.82 Å². The maximum atomic E-state index is 13.2. The minimum atomic E-state index is -0.431. The van der Waals surface area contributed by atoms with Crippen molar-refractivity contribution < 1.29 is 18.7 Å². The SMILES string of the molecule is CCOc1ccc(NC(=O)c2ccc(C(=O)Nc3cccc(F)c3)cc2)cc1. The van der Waals surface area contributed by atoms with Crippen LogP contribution < -0.4 is 15.4 Å². The first-order valence-electron chi connectivity index (χ1n) is 8.76. The second-order valence-electron chi connectivity index (χ2n) is 5.95. The number of carbonyl (C=O) groups is 2. The van der Waals surface area contributed by atoms with Crippen LogP contribution in [0.4, 0.5) is 15.8 Å². The van der Waals surface area contributed by atoms with Gasteiger partial charge < -0.3 is 15.4 Å². The van der Waals surface area contributed by atoms with Gasteiger partial charge in [-0.15, -0.1) is 0 Å². The van der Waals surface area contributed by atoms with Gasteiger partial charge in [0, 0.05) is 22.5 Å². The summed E-state index contributed by atoms with van der Waals surface area (Å²) in [6.07, 6.45) is 0. The van der Waals surface area contributed by atoms with Crippen molar-refractivity contribution in [1.82, 2.24) is 0 Å². The van der Waals surface area contributed by atoms with Crippen molar-refractivity contribution in [2.75, 3.05) is 17.2 Å². The fourth-order valence-corrected chi connectivity index (χ4v) is 2.55. The van der Waals surface area contributed by atoms with Crippen molar-refractivity contribution >= 4 is 23.2 Å². The maximum absolute atomic E-state index is 13.2. The molecule has 142 valence electrons. The van der Waals surface area contributed by atoms with Gasteiger partial charge in [-0.3, -0.25) is 9.59 Å². The fraction of sp³-hybridized carbons (Fsp3) is 0.0909. The highest BCUT2D eigenvalue weighted by Crippen LogP contribution is 2.17. The van der Waals surface area contributed by atoms with E-state index in [1.807, 2.05) is 6.92 Å². The molecular formula is C22H19FN2O3. The molecule has 0 unspecified atom stereocenters. The lowest BCUT2D eigenvalue weighted by Crippen LogP contribution is -2.14. The van der Waals surface area contributed by atoms with Crippen molar-refractivity contribution in [3.8, 4) is 5.75 Å². The van der Waals surface area contributed by atoms with Crippen LogP contribution in [0.15, 0.2) is 72.8 Å². The van der Waals surface area contributed by atoms with Gasteiger partial charge in [-0.25, -0.2) is 4.39 Å². The first kappa shape index (κ1) is 19.1. The van der Waals surface area contributed by atoms with Gasteiger partial charge in [-0.1, -0.05) is 6.07 Å². The van der Waals surface area contributed by atoms with Gasteiger partial charge in [-0.05, 0) is 73.7 Å². The Kier molecular flexibility index (Phi) is 6.01. The molecular weight excluding hydrogens is 359 g/mol. The number of halogens is 1. The highest BCUT2D eigenvalue weighted by atomic mass is 19.1. The van der Waals surface area contributed by atoms with Crippen LogP contribution in [0.2, 0.25) is 0 Å². The molecule has 0 bridgehead atoms. The van der Waals surface area contributed by atoms with Crippen LogP contribution in [0.1, 0.15) is 27.6 Å². The monoisotopic (exact) mass is 378 g/mol. The molecule has 0 aliphatic carbocycles. The number of amides is 2. The molecule has 3 aromatic carbocycles. The van der Waals surface area contributed by atoms with E-state index in [1.54, 1.807) is 54.6 Å². The molecule has 0 heterocycles. The Morgan fingerprint density at radius 1 is 0.821 bits per heavy atom. The van der Waals surface area contributed by atoms with Crippen LogP contribution in [-0.4, -0.2) is 18.4 Å². The molecule has 0 spiro atoms. The van der Waals surface area contributed by atoms with Gasteiger partial charge in [0.2, 0.25) is 0 Å². The Morgan fingerprint density at radius 2 is 1.39 bits per heavy atom. The Hall–Kier alpha value is -3.67. The second kappa shape index (κ2) is 8.81. The lowest BCUT2D eigenvalue weighted by atomic mass is 10.1. The van der Waals surface area contributed by atoms with Crippen LogP contribution >= 0.6 is 0 Å². The normalized spacial score (nSPS) is 10.2. The van der Waals surface area contributed by atoms with Crippen LogP contribution in [0.3, 0.4) is 0 Å². The van der Waals surface area contributed by atoms with Gasteiger partial charge in [0.05, 0.1) is 6.61 Å². The summed E-state index contributed by atoms with van der Waals surface area (Å²) in [5, 5.41) is 5.40. The van der Waals surface area contributed by atoms with E-state index in [2.05, 4.69) is 10.6 Å². The van der Waals surface area contributed by atoms with E-state index in [-0.39, 0.29) is 11.8 Å². The molecule has 6 heteroatoms. The third-order valence-corrected chi connectivity index (χ3v) is 3.91. The highest BCUT2D eigenvalue weighted by molar-refractivity contribution is 6.07. The molecule has 0 radical (unpaired) electrons. The molecule has 3 rings (SSSR count). The molecule has 5 nitrogen and oxygen atoms in total. The zero-order valence-electron chi connectivity index (χ0n) is 15.2. The molecule has 0 saturated heterocycles. The van der Waals surface area contributed by atoms with Crippen molar-refractivity contribution in [2.24, 2.45) is 0 Å². The molecule has 2 N–H and O–H groups in total. The summed E-state index contributed by atoms with van der Waals surface area (Å²) in [6, 6.07) is 18.9. The third-order valence-electron chi connectivity index (χ3n) is 3.91. The average Bonchev–Trinajstić information content (AvgIpc) is 2.70. The van der Waals surface area contributed by atoms with E-state index in [0.717, 1.165) is 5.75 Å². The van der Waals surface area contributed by atoms with Gasteiger partial charge in [0.25, 0.3) is 11.8 Å². The summed E-state index contributed by atoms with van der Waals surface area (Å²) in [5.74, 6) is -0.376. The Morgan fingerprint density at radius 3 is 1.93 bits per heavy atom. The topological polar surface area (TPSA) is 67.4 Å². The molecule has 0 atom stereocenters. The van der Waals surface area contributed by atoms with E-state index in [4.69, 9.17) is 4.74 Å². The van der Waals surface area contributed by atoms with Gasteiger partial charge >= 0.3 is 0 Å². The van der Waals surface area contributed by atoms with E-state index in [0.29, 0.717) is 29.1 Å². The molecule has 0 saturated carbocycles. The number of carbonyl (C=O) groups excluding carboxylic acids is 2. The smallest absolute Gasteiger partial charge is 0.255 e. The zero-order valence-corrected chi connectivity index (χ0v) is 15.2. The quantitative estimate of drug-likeness (QED) is 0.652. The first-order chi connectivity index (χ1) is 13.5. The van der Waals surface area contributed by atoms with E-state index in [9.17, 15) is 14.0 Å². The van der Waals surface area contributed by atoms with Crippen LogP contribution in [-0.2, 0) is 0 Å². The number of nitrogens with one attached hydrogen (secondary N) is 2. The van der Waals surface area contributed by atoms with Crippen LogP contribution in [0.25, 0.3) is 0 Å². The van der Waals surface area contributed by atoms with Crippen molar-refractivity contribution in [3.63, 3.8) is 0 Å². The first-order valence-corrected chi connectivity index (χ1v) is 8.76. The molecule has 28 heavy (non-hydrogen) atoms. The predicted octanol–water partition coefficient (Wildman–Crippen LogP) is 4.73. The number of ether oxygens (including phenoxy) is 1. The second-order valence-corrected chi connectivity index (χ2v) is 5.95. The Bertz CT molecular complexity index is 970. The van der Waals surface area contributed by atoms with Gasteiger partial charge in [0.15, 0.2) is 0 Å². The number of anilines is 2. The molecule has 3 aromatic rings. The lowest BCUT2D eigenvalue weighted by molar-refractivity contribution is 0.101. The third kappa shape index (κ3) is 4.94. The fourth-order valence-electron chi connectivity index (χ4n) is 2.55. The van der Waals surface area contributed by atoms with E-state index in [1.165, 1.54) is 18.2 Å². The minimum Gasteiger partial charge on any atom is -0.494 e. The average molecular weight is 378 g/mol. The van der Waals surface area contributed by atoms with E-state index >= 15 is 0 Å². The summed E-state index contributed by atoms with van der Waals surface area (Å²) in [4.78, 5) is 24.6. The Labute approximate surface area is 162 Å². The van der Waals surface area contributed by atoms with Gasteiger partial charge in [-0.2, -0.15) is 0 Å².